The van der Waals surface area contributed by atoms with Gasteiger partial charge in [0.2, 0.25) is 0 Å². The molecule has 1 atom stereocenters. The number of anilines is 1. The predicted molar refractivity (Wildman–Crippen MR) is 76.5 cm³/mol. The monoisotopic (exact) mass is 270 g/mol. The van der Waals surface area contributed by atoms with Crippen molar-refractivity contribution in [2.45, 2.75) is 20.0 Å². The average molecular weight is 270 g/mol. The first-order valence-electron chi connectivity index (χ1n) is 5.96. The van der Waals surface area contributed by atoms with Crippen LogP contribution in [0.4, 0.5) is 10.1 Å². The van der Waals surface area contributed by atoms with E-state index in [1.165, 1.54) is 12.1 Å². The molecule has 0 spiro atoms. The minimum absolute atomic E-state index is 0.216. The first kappa shape index (κ1) is 14.9. The number of rotatable bonds is 7. The molecule has 2 N–H and O–H groups in total. The standard InChI is InChI=1S/C13H19FN2OS/c1-3-16(8-9-17-10(2)13(15)18)12-6-4-11(14)5-7-12/h4-7,10H,3,8-9H2,1-2H3,(H2,15,18). The summed E-state index contributed by atoms with van der Waals surface area (Å²) >= 11 is 4.83. The summed E-state index contributed by atoms with van der Waals surface area (Å²) in [4.78, 5) is 2.46. The van der Waals surface area contributed by atoms with Gasteiger partial charge in [0.15, 0.2) is 0 Å². The Hall–Kier alpha value is -1.20. The van der Waals surface area contributed by atoms with Crippen LogP contribution in [0.1, 0.15) is 13.8 Å². The molecule has 1 unspecified atom stereocenters. The second-order valence-electron chi connectivity index (χ2n) is 3.97. The van der Waals surface area contributed by atoms with Gasteiger partial charge >= 0.3 is 0 Å². The first-order chi connectivity index (χ1) is 8.54. The van der Waals surface area contributed by atoms with E-state index in [0.29, 0.717) is 11.6 Å². The number of hydrogen-bond donors (Lipinski definition) is 1. The van der Waals surface area contributed by atoms with E-state index in [1.807, 2.05) is 13.8 Å². The van der Waals surface area contributed by atoms with Crippen LogP contribution in [0, 0.1) is 5.82 Å². The van der Waals surface area contributed by atoms with Crippen LogP contribution in [0.25, 0.3) is 0 Å². The molecule has 0 amide bonds. The van der Waals surface area contributed by atoms with E-state index < -0.39 is 0 Å². The predicted octanol–water partition coefficient (Wildman–Crippen LogP) is 2.34. The fraction of sp³-hybridized carbons (Fsp3) is 0.462. The molecule has 0 radical (unpaired) electrons. The second-order valence-corrected chi connectivity index (χ2v) is 4.44. The maximum Gasteiger partial charge on any atom is 0.123 e. The van der Waals surface area contributed by atoms with Gasteiger partial charge < -0.3 is 15.4 Å². The largest absolute Gasteiger partial charge is 0.391 e. The van der Waals surface area contributed by atoms with Crippen LogP contribution in [0.2, 0.25) is 0 Å². The van der Waals surface area contributed by atoms with E-state index in [0.717, 1.165) is 18.8 Å². The van der Waals surface area contributed by atoms with Gasteiger partial charge in [0.25, 0.3) is 0 Å². The van der Waals surface area contributed by atoms with E-state index >= 15 is 0 Å². The summed E-state index contributed by atoms with van der Waals surface area (Å²) in [6, 6.07) is 6.43. The molecule has 1 aromatic carbocycles. The zero-order chi connectivity index (χ0) is 13.5. The van der Waals surface area contributed by atoms with E-state index in [9.17, 15) is 4.39 Å². The lowest BCUT2D eigenvalue weighted by molar-refractivity contribution is 0.116. The maximum atomic E-state index is 12.8. The molecule has 0 saturated heterocycles. The molecular weight excluding hydrogens is 251 g/mol. The van der Waals surface area contributed by atoms with Crippen molar-refractivity contribution in [2.75, 3.05) is 24.6 Å². The molecule has 0 aromatic heterocycles. The van der Waals surface area contributed by atoms with Crippen LogP contribution in [0.5, 0.6) is 0 Å². The van der Waals surface area contributed by atoms with Gasteiger partial charge in [0.1, 0.15) is 16.9 Å². The third-order valence-corrected chi connectivity index (χ3v) is 3.04. The Bertz CT molecular complexity index is 383. The number of benzene rings is 1. The van der Waals surface area contributed by atoms with Crippen molar-refractivity contribution in [1.82, 2.24) is 0 Å². The van der Waals surface area contributed by atoms with E-state index in [2.05, 4.69) is 4.90 Å². The Morgan fingerprint density at radius 2 is 2.06 bits per heavy atom. The SMILES string of the molecule is CCN(CCOC(C)C(N)=S)c1ccc(F)cc1. The van der Waals surface area contributed by atoms with Gasteiger partial charge in [-0.05, 0) is 38.1 Å². The molecule has 0 aliphatic carbocycles. The summed E-state index contributed by atoms with van der Waals surface area (Å²) in [5, 5.41) is 0. The number of ether oxygens (including phenoxy) is 1. The molecule has 0 aliphatic heterocycles. The van der Waals surface area contributed by atoms with Crippen LogP contribution in [-0.4, -0.2) is 30.8 Å². The van der Waals surface area contributed by atoms with Crippen molar-refractivity contribution in [2.24, 2.45) is 5.73 Å². The smallest absolute Gasteiger partial charge is 0.123 e. The molecule has 0 bridgehead atoms. The normalized spacial score (nSPS) is 12.2. The topological polar surface area (TPSA) is 38.5 Å². The maximum absolute atomic E-state index is 12.8. The Labute approximate surface area is 113 Å². The number of nitrogens with zero attached hydrogens (tertiary/aromatic N) is 1. The summed E-state index contributed by atoms with van der Waals surface area (Å²) in [6.07, 6.45) is -0.216. The Balaban J connectivity index is 2.47. The second kappa shape index (κ2) is 7.28. The fourth-order valence-electron chi connectivity index (χ4n) is 1.54. The minimum Gasteiger partial charge on any atom is -0.391 e. The van der Waals surface area contributed by atoms with Crippen molar-refractivity contribution in [1.29, 1.82) is 0 Å². The third kappa shape index (κ3) is 4.58. The molecule has 5 heteroatoms. The van der Waals surface area contributed by atoms with Crippen LogP contribution in [0.15, 0.2) is 24.3 Å². The summed E-state index contributed by atoms with van der Waals surface area (Å²) in [7, 11) is 0. The minimum atomic E-state index is -0.229. The van der Waals surface area contributed by atoms with Gasteiger partial charge in [-0.15, -0.1) is 0 Å². The highest BCUT2D eigenvalue weighted by atomic mass is 32.1. The number of hydrogen-bond acceptors (Lipinski definition) is 3. The summed E-state index contributed by atoms with van der Waals surface area (Å²) in [5.41, 5.74) is 6.44. The van der Waals surface area contributed by atoms with Crippen LogP contribution < -0.4 is 10.6 Å². The van der Waals surface area contributed by atoms with Gasteiger partial charge in [-0.2, -0.15) is 0 Å². The zero-order valence-electron chi connectivity index (χ0n) is 10.7. The molecule has 1 rings (SSSR count). The van der Waals surface area contributed by atoms with E-state index in [-0.39, 0.29) is 11.9 Å². The summed E-state index contributed by atoms with van der Waals surface area (Å²) in [6.45, 7) is 5.95. The Morgan fingerprint density at radius 3 is 2.56 bits per heavy atom. The molecule has 100 valence electrons. The van der Waals surface area contributed by atoms with Crippen molar-refractivity contribution < 1.29 is 9.13 Å². The fourth-order valence-corrected chi connectivity index (χ4v) is 1.61. The molecule has 18 heavy (non-hydrogen) atoms. The van der Waals surface area contributed by atoms with Crippen molar-refractivity contribution in [3.8, 4) is 0 Å². The molecule has 0 heterocycles. The molecular formula is C13H19FN2OS. The Kier molecular flexibility index (Phi) is 6.01. The lowest BCUT2D eigenvalue weighted by Crippen LogP contribution is -2.32. The van der Waals surface area contributed by atoms with E-state index in [4.69, 9.17) is 22.7 Å². The molecule has 0 aliphatic rings. The van der Waals surface area contributed by atoms with Gasteiger partial charge in [-0.1, -0.05) is 12.2 Å². The lowest BCUT2D eigenvalue weighted by Gasteiger charge is -2.23. The van der Waals surface area contributed by atoms with E-state index in [1.54, 1.807) is 12.1 Å². The van der Waals surface area contributed by atoms with Crippen molar-refractivity contribution in [3.05, 3.63) is 30.1 Å². The van der Waals surface area contributed by atoms with Gasteiger partial charge in [0.05, 0.1) is 6.61 Å². The van der Waals surface area contributed by atoms with Crippen molar-refractivity contribution in [3.63, 3.8) is 0 Å². The molecule has 0 fully saturated rings. The average Bonchev–Trinajstić information content (AvgIpc) is 2.35. The van der Waals surface area contributed by atoms with Gasteiger partial charge in [0, 0.05) is 18.8 Å². The van der Waals surface area contributed by atoms with Gasteiger partial charge in [-0.25, -0.2) is 4.39 Å². The molecule has 1 aromatic rings. The number of thiocarbonyl (C=S) groups is 1. The zero-order valence-corrected chi connectivity index (χ0v) is 11.5. The number of nitrogens with two attached hydrogens (primary N) is 1. The highest BCUT2D eigenvalue weighted by Crippen LogP contribution is 2.14. The van der Waals surface area contributed by atoms with Gasteiger partial charge in [-0.3, -0.25) is 0 Å². The van der Waals surface area contributed by atoms with Crippen LogP contribution in [-0.2, 0) is 4.74 Å². The van der Waals surface area contributed by atoms with Crippen LogP contribution in [0.3, 0.4) is 0 Å². The quantitative estimate of drug-likeness (QED) is 0.772. The Morgan fingerprint density at radius 1 is 1.44 bits per heavy atom. The highest BCUT2D eigenvalue weighted by molar-refractivity contribution is 7.80. The number of likely N-dealkylation sites (N-methyl/N-ethyl adjacent to an activating group) is 1. The lowest BCUT2D eigenvalue weighted by atomic mass is 10.3. The highest BCUT2D eigenvalue weighted by Gasteiger charge is 2.07. The summed E-state index contributed by atoms with van der Waals surface area (Å²) < 4.78 is 18.3. The summed E-state index contributed by atoms with van der Waals surface area (Å²) in [5.74, 6) is -0.229. The third-order valence-electron chi connectivity index (χ3n) is 2.70. The molecule has 3 nitrogen and oxygen atoms in total. The molecule has 0 saturated carbocycles. The number of halogens is 1. The first-order valence-corrected chi connectivity index (χ1v) is 6.36. The van der Waals surface area contributed by atoms with Crippen LogP contribution >= 0.6 is 12.2 Å². The van der Waals surface area contributed by atoms with Crippen molar-refractivity contribution >= 4 is 22.9 Å².